The summed E-state index contributed by atoms with van der Waals surface area (Å²) in [5, 5.41) is 0. The lowest BCUT2D eigenvalue weighted by Crippen LogP contribution is -2.20. The van der Waals surface area contributed by atoms with Crippen LogP contribution in [-0.4, -0.2) is 23.6 Å². The van der Waals surface area contributed by atoms with Gasteiger partial charge in [-0.3, -0.25) is 4.79 Å². The molecule has 0 radical (unpaired) electrons. The topological polar surface area (TPSA) is 31.2 Å². The normalized spacial score (nSPS) is 11.6. The first-order valence-electron chi connectivity index (χ1n) is 6.89. The molecule has 0 aliphatic heterocycles. The van der Waals surface area contributed by atoms with Crippen LogP contribution in [0.2, 0.25) is 0 Å². The number of nitrogens with zero attached hydrogens (tertiary/aromatic N) is 1. The quantitative estimate of drug-likeness (QED) is 0.755. The van der Waals surface area contributed by atoms with Crippen molar-refractivity contribution in [1.29, 1.82) is 0 Å². The average molecular weight is 361 g/mol. The summed E-state index contributed by atoms with van der Waals surface area (Å²) in [5.74, 6) is -0.358. The number of alkyl halides is 3. The number of thioether (sulfide) groups is 1. The van der Waals surface area contributed by atoms with Crippen LogP contribution in [-0.2, 0) is 12.8 Å². The predicted molar refractivity (Wildman–Crippen MR) is 85.8 cm³/mol. The monoisotopic (exact) mass is 361 g/mol. The van der Waals surface area contributed by atoms with E-state index < -0.39 is 24.2 Å². The zero-order valence-corrected chi connectivity index (χ0v) is 13.8. The highest BCUT2D eigenvalue weighted by Crippen LogP contribution is 2.33. The molecule has 0 aliphatic carbocycles. The standard InChI is InChI=1S/C16H15F4NO2S/c1-21-7-11(6-13(17)15(21)22)12-5-10(8-24-2)3-4-14(12)23-9-16(18,19)20/h3-7H,8-9H2,1-2H3. The third-order valence-electron chi connectivity index (χ3n) is 3.20. The SMILES string of the molecule is CSCc1ccc(OCC(F)(F)F)c(-c2cc(F)c(=O)n(C)c2)c1. The van der Waals surface area contributed by atoms with E-state index >= 15 is 0 Å². The number of hydrogen-bond donors (Lipinski definition) is 0. The fraction of sp³-hybridized carbons (Fsp3) is 0.312. The van der Waals surface area contributed by atoms with E-state index in [0.717, 1.165) is 16.2 Å². The summed E-state index contributed by atoms with van der Waals surface area (Å²) in [4.78, 5) is 11.5. The smallest absolute Gasteiger partial charge is 0.422 e. The van der Waals surface area contributed by atoms with Crippen LogP contribution in [0.15, 0.2) is 35.3 Å². The Kier molecular flexibility index (Phi) is 5.58. The molecule has 24 heavy (non-hydrogen) atoms. The van der Waals surface area contributed by atoms with Crippen molar-refractivity contribution in [2.75, 3.05) is 12.9 Å². The Hall–Kier alpha value is -1.96. The van der Waals surface area contributed by atoms with Crippen LogP contribution >= 0.6 is 11.8 Å². The molecule has 0 bridgehead atoms. The minimum atomic E-state index is -4.48. The molecule has 2 rings (SSSR count). The molecule has 0 atom stereocenters. The van der Waals surface area contributed by atoms with Crippen molar-refractivity contribution in [2.45, 2.75) is 11.9 Å². The Morgan fingerprint density at radius 1 is 1.25 bits per heavy atom. The first-order chi connectivity index (χ1) is 11.2. The largest absolute Gasteiger partial charge is 0.483 e. The van der Waals surface area contributed by atoms with Gasteiger partial charge in [-0.1, -0.05) is 6.07 Å². The number of pyridine rings is 1. The highest BCUT2D eigenvalue weighted by atomic mass is 32.2. The van der Waals surface area contributed by atoms with Gasteiger partial charge >= 0.3 is 6.18 Å². The molecule has 1 aromatic carbocycles. The van der Waals surface area contributed by atoms with Crippen molar-refractivity contribution in [3.63, 3.8) is 0 Å². The Morgan fingerprint density at radius 3 is 2.54 bits per heavy atom. The third kappa shape index (κ3) is 4.53. The van der Waals surface area contributed by atoms with Crippen LogP contribution in [0, 0.1) is 5.82 Å². The summed E-state index contributed by atoms with van der Waals surface area (Å²) in [6, 6.07) is 5.72. The fourth-order valence-corrected chi connectivity index (χ4v) is 2.68. The lowest BCUT2D eigenvalue weighted by atomic mass is 10.0. The lowest BCUT2D eigenvalue weighted by molar-refractivity contribution is -0.153. The van der Waals surface area contributed by atoms with E-state index in [4.69, 9.17) is 4.74 Å². The fourth-order valence-electron chi connectivity index (χ4n) is 2.16. The van der Waals surface area contributed by atoms with Crippen LogP contribution in [0.3, 0.4) is 0 Å². The molecule has 0 N–H and O–H groups in total. The van der Waals surface area contributed by atoms with E-state index in [2.05, 4.69) is 0 Å². The number of aromatic nitrogens is 1. The van der Waals surface area contributed by atoms with Gasteiger partial charge in [-0.25, -0.2) is 4.39 Å². The van der Waals surface area contributed by atoms with Crippen LogP contribution in [0.1, 0.15) is 5.56 Å². The van der Waals surface area contributed by atoms with E-state index in [1.807, 2.05) is 6.26 Å². The van der Waals surface area contributed by atoms with Gasteiger partial charge in [0.15, 0.2) is 12.4 Å². The number of hydrogen-bond acceptors (Lipinski definition) is 3. The van der Waals surface area contributed by atoms with E-state index in [9.17, 15) is 22.4 Å². The summed E-state index contributed by atoms with van der Waals surface area (Å²) < 4.78 is 56.9. The Labute approximate surface area is 140 Å². The molecule has 3 nitrogen and oxygen atoms in total. The average Bonchev–Trinajstić information content (AvgIpc) is 2.50. The first-order valence-corrected chi connectivity index (χ1v) is 8.28. The van der Waals surface area contributed by atoms with E-state index in [1.54, 1.807) is 23.9 Å². The van der Waals surface area contributed by atoms with Gasteiger partial charge in [0.25, 0.3) is 5.56 Å². The van der Waals surface area contributed by atoms with Crippen molar-refractivity contribution in [3.8, 4) is 16.9 Å². The van der Waals surface area contributed by atoms with Crippen molar-refractivity contribution < 1.29 is 22.3 Å². The summed E-state index contributed by atoms with van der Waals surface area (Å²) >= 11 is 1.54. The maximum atomic E-state index is 13.7. The molecule has 1 aromatic heterocycles. The van der Waals surface area contributed by atoms with Crippen molar-refractivity contribution >= 4 is 11.8 Å². The Bertz CT molecular complexity index is 760. The summed E-state index contributed by atoms with van der Waals surface area (Å²) in [6.07, 6.45) is -1.23. The minimum absolute atomic E-state index is 0.0183. The molecule has 0 aliphatic rings. The Morgan fingerprint density at radius 2 is 1.96 bits per heavy atom. The second-order valence-electron chi connectivity index (χ2n) is 5.16. The van der Waals surface area contributed by atoms with E-state index in [0.29, 0.717) is 11.3 Å². The molecule has 0 fully saturated rings. The number of rotatable bonds is 5. The molecule has 1 heterocycles. The van der Waals surface area contributed by atoms with Gasteiger partial charge in [0.1, 0.15) is 5.75 Å². The molecule has 0 saturated heterocycles. The highest BCUT2D eigenvalue weighted by molar-refractivity contribution is 7.97. The number of halogens is 4. The minimum Gasteiger partial charge on any atom is -0.483 e. The van der Waals surface area contributed by atoms with Gasteiger partial charge < -0.3 is 9.30 Å². The lowest BCUT2D eigenvalue weighted by Gasteiger charge is -2.15. The number of ether oxygens (including phenoxy) is 1. The molecular weight excluding hydrogens is 346 g/mol. The summed E-state index contributed by atoms with van der Waals surface area (Å²) in [7, 11) is 1.37. The van der Waals surface area contributed by atoms with Gasteiger partial charge in [-0.05, 0) is 30.0 Å². The van der Waals surface area contributed by atoms with Crippen molar-refractivity contribution in [3.05, 3.63) is 52.2 Å². The molecule has 2 aromatic rings. The molecule has 0 spiro atoms. The summed E-state index contributed by atoms with van der Waals surface area (Å²) in [6.45, 7) is -1.45. The van der Waals surface area contributed by atoms with Gasteiger partial charge in [0, 0.05) is 30.1 Å². The van der Waals surface area contributed by atoms with Crippen LogP contribution in [0.4, 0.5) is 17.6 Å². The zero-order valence-electron chi connectivity index (χ0n) is 13.0. The van der Waals surface area contributed by atoms with Gasteiger partial charge in [-0.2, -0.15) is 24.9 Å². The Balaban J connectivity index is 2.51. The molecule has 130 valence electrons. The zero-order chi connectivity index (χ0) is 17.9. The molecule has 0 amide bonds. The van der Waals surface area contributed by atoms with E-state index in [1.165, 1.54) is 19.3 Å². The van der Waals surface area contributed by atoms with Crippen molar-refractivity contribution in [1.82, 2.24) is 4.57 Å². The maximum absolute atomic E-state index is 13.7. The number of benzene rings is 1. The first kappa shape index (κ1) is 18.4. The van der Waals surface area contributed by atoms with Gasteiger partial charge in [0.2, 0.25) is 0 Å². The molecule has 0 unspecified atom stereocenters. The molecular formula is C16H15F4NO2S. The van der Waals surface area contributed by atoms with Crippen molar-refractivity contribution in [2.24, 2.45) is 7.05 Å². The number of aryl methyl sites for hydroxylation is 1. The van der Waals surface area contributed by atoms with Crippen LogP contribution in [0.5, 0.6) is 5.75 Å². The van der Waals surface area contributed by atoms with Crippen LogP contribution < -0.4 is 10.3 Å². The summed E-state index contributed by atoms with van der Waals surface area (Å²) in [5.41, 5.74) is 0.623. The highest BCUT2D eigenvalue weighted by Gasteiger charge is 2.29. The second kappa shape index (κ2) is 7.29. The second-order valence-corrected chi connectivity index (χ2v) is 6.03. The molecule has 8 heteroatoms. The molecule has 0 saturated carbocycles. The van der Waals surface area contributed by atoms with Crippen LogP contribution in [0.25, 0.3) is 11.1 Å². The van der Waals surface area contributed by atoms with Gasteiger partial charge in [-0.15, -0.1) is 0 Å². The third-order valence-corrected chi connectivity index (χ3v) is 3.82. The maximum Gasteiger partial charge on any atom is 0.422 e. The predicted octanol–water partition coefficient (Wildman–Crippen LogP) is 4.00. The van der Waals surface area contributed by atoms with E-state index in [-0.39, 0.29) is 11.3 Å². The van der Waals surface area contributed by atoms with Gasteiger partial charge in [0.05, 0.1) is 0 Å².